The van der Waals surface area contributed by atoms with Crippen LogP contribution in [0.15, 0.2) is 12.2 Å². The van der Waals surface area contributed by atoms with Crippen LogP contribution in [0.2, 0.25) is 0 Å². The first-order valence-corrected chi connectivity index (χ1v) is 5.01. The maximum Gasteiger partial charge on any atom is 0.124 e. The Morgan fingerprint density at radius 3 is 1.91 bits per heavy atom. The van der Waals surface area contributed by atoms with E-state index in [0.717, 1.165) is 12.8 Å². The lowest BCUT2D eigenvalue weighted by molar-refractivity contribution is 0.605. The Hall–Kier alpha value is 0.320. The van der Waals surface area contributed by atoms with Gasteiger partial charge >= 0.3 is 0 Å². The molecule has 1 fully saturated rings. The molecule has 2 rings (SSSR count). The van der Waals surface area contributed by atoms with E-state index in [1.807, 2.05) is 0 Å². The van der Waals surface area contributed by atoms with Gasteiger partial charge in [0, 0.05) is 0 Å². The van der Waals surface area contributed by atoms with Gasteiger partial charge in [0.1, 0.15) is 4.33 Å². The first-order chi connectivity index (χ1) is 5.23. The lowest BCUT2D eigenvalue weighted by Gasteiger charge is -1.98. The summed E-state index contributed by atoms with van der Waals surface area (Å²) in [5.41, 5.74) is 0. The molecule has 0 aromatic heterocycles. The standard InChI is InChI=1S/C9H12Cl2/c10-9(11)7-5-3-1-2-4-6-8(7)9/h1-2,7-8H,3-6H2/b2-1-. The van der Waals surface area contributed by atoms with Crippen molar-refractivity contribution in [3.8, 4) is 0 Å². The van der Waals surface area contributed by atoms with E-state index < -0.39 is 0 Å². The van der Waals surface area contributed by atoms with E-state index in [0.29, 0.717) is 11.8 Å². The van der Waals surface area contributed by atoms with Crippen molar-refractivity contribution in [1.82, 2.24) is 0 Å². The molecule has 62 valence electrons. The molecule has 11 heavy (non-hydrogen) atoms. The van der Waals surface area contributed by atoms with E-state index in [1.54, 1.807) is 0 Å². The van der Waals surface area contributed by atoms with Gasteiger partial charge in [-0.15, -0.1) is 23.2 Å². The molecule has 1 saturated carbocycles. The molecule has 0 aromatic carbocycles. The molecular formula is C9H12Cl2. The van der Waals surface area contributed by atoms with Crippen LogP contribution < -0.4 is 0 Å². The van der Waals surface area contributed by atoms with E-state index in [9.17, 15) is 0 Å². The van der Waals surface area contributed by atoms with Crippen molar-refractivity contribution < 1.29 is 0 Å². The molecule has 2 aliphatic carbocycles. The Balaban J connectivity index is 2.02. The van der Waals surface area contributed by atoms with Crippen molar-refractivity contribution >= 4 is 23.2 Å². The zero-order valence-electron chi connectivity index (χ0n) is 6.39. The lowest BCUT2D eigenvalue weighted by atomic mass is 10.1. The van der Waals surface area contributed by atoms with Crippen LogP contribution in [0.1, 0.15) is 25.7 Å². The Morgan fingerprint density at radius 2 is 1.45 bits per heavy atom. The minimum atomic E-state index is -0.369. The monoisotopic (exact) mass is 190 g/mol. The van der Waals surface area contributed by atoms with Gasteiger partial charge in [-0.05, 0) is 37.5 Å². The third kappa shape index (κ3) is 1.31. The molecular weight excluding hydrogens is 179 g/mol. The second-order valence-electron chi connectivity index (χ2n) is 3.51. The molecule has 2 aliphatic rings. The van der Waals surface area contributed by atoms with Crippen LogP contribution in [0.5, 0.6) is 0 Å². The Bertz CT molecular complexity index is 166. The normalized spacial score (nSPS) is 43.5. The number of hydrogen-bond donors (Lipinski definition) is 0. The van der Waals surface area contributed by atoms with Gasteiger partial charge in [0.05, 0.1) is 0 Å². The largest absolute Gasteiger partial charge is 0.124 e. The van der Waals surface area contributed by atoms with Gasteiger partial charge < -0.3 is 0 Å². The molecule has 0 N–H and O–H groups in total. The number of fused-ring (bicyclic) bond motifs is 1. The average Bonchev–Trinajstić information content (AvgIpc) is 2.29. The summed E-state index contributed by atoms with van der Waals surface area (Å²) >= 11 is 12.2. The van der Waals surface area contributed by atoms with Crippen LogP contribution >= 0.6 is 23.2 Å². The van der Waals surface area contributed by atoms with Crippen molar-refractivity contribution in [1.29, 1.82) is 0 Å². The van der Waals surface area contributed by atoms with Crippen molar-refractivity contribution in [3.05, 3.63) is 12.2 Å². The molecule has 2 atom stereocenters. The molecule has 0 spiro atoms. The molecule has 2 unspecified atom stereocenters. The van der Waals surface area contributed by atoms with Crippen LogP contribution in [-0.4, -0.2) is 4.33 Å². The SMILES string of the molecule is ClC1(Cl)C2CC/C=C\CCC21. The third-order valence-electron chi connectivity index (χ3n) is 2.82. The minimum absolute atomic E-state index is 0.369. The Labute approximate surface area is 77.6 Å². The smallest absolute Gasteiger partial charge is 0.101 e. The van der Waals surface area contributed by atoms with Crippen molar-refractivity contribution in [3.63, 3.8) is 0 Å². The van der Waals surface area contributed by atoms with Gasteiger partial charge in [-0.1, -0.05) is 12.2 Å². The minimum Gasteiger partial charge on any atom is -0.101 e. The summed E-state index contributed by atoms with van der Waals surface area (Å²) in [5.74, 6) is 1.16. The van der Waals surface area contributed by atoms with E-state index >= 15 is 0 Å². The van der Waals surface area contributed by atoms with Gasteiger partial charge in [-0.3, -0.25) is 0 Å². The van der Waals surface area contributed by atoms with Crippen LogP contribution in [0, 0.1) is 11.8 Å². The van der Waals surface area contributed by atoms with Gasteiger partial charge in [-0.2, -0.15) is 0 Å². The molecule has 0 aromatic rings. The summed E-state index contributed by atoms with van der Waals surface area (Å²) < 4.78 is -0.369. The Morgan fingerprint density at radius 1 is 1.00 bits per heavy atom. The highest BCUT2D eigenvalue weighted by atomic mass is 35.5. The Kier molecular flexibility index (Phi) is 1.93. The van der Waals surface area contributed by atoms with E-state index in [4.69, 9.17) is 23.2 Å². The molecule has 0 saturated heterocycles. The summed E-state index contributed by atoms with van der Waals surface area (Å²) in [6, 6.07) is 0. The van der Waals surface area contributed by atoms with Crippen LogP contribution in [-0.2, 0) is 0 Å². The summed E-state index contributed by atoms with van der Waals surface area (Å²) in [6.45, 7) is 0. The van der Waals surface area contributed by atoms with Crippen molar-refractivity contribution in [2.45, 2.75) is 30.0 Å². The van der Waals surface area contributed by atoms with Crippen molar-refractivity contribution in [2.75, 3.05) is 0 Å². The van der Waals surface area contributed by atoms with Crippen LogP contribution in [0.3, 0.4) is 0 Å². The second kappa shape index (κ2) is 2.67. The molecule has 0 radical (unpaired) electrons. The maximum absolute atomic E-state index is 6.10. The van der Waals surface area contributed by atoms with Gasteiger partial charge in [-0.25, -0.2) is 0 Å². The number of halogens is 2. The summed E-state index contributed by atoms with van der Waals surface area (Å²) in [6.07, 6.45) is 9.16. The lowest BCUT2D eigenvalue weighted by Crippen LogP contribution is -1.89. The zero-order chi connectivity index (χ0) is 7.90. The first kappa shape index (κ1) is 7.94. The van der Waals surface area contributed by atoms with Crippen LogP contribution in [0.25, 0.3) is 0 Å². The number of hydrogen-bond acceptors (Lipinski definition) is 0. The fraction of sp³-hybridized carbons (Fsp3) is 0.778. The predicted octanol–water partition coefficient (Wildman–Crippen LogP) is 3.54. The fourth-order valence-electron chi connectivity index (χ4n) is 2.04. The molecule has 0 heterocycles. The maximum atomic E-state index is 6.10. The second-order valence-corrected chi connectivity index (χ2v) is 4.96. The topological polar surface area (TPSA) is 0 Å². The number of rotatable bonds is 0. The summed E-state index contributed by atoms with van der Waals surface area (Å²) in [4.78, 5) is 0. The predicted molar refractivity (Wildman–Crippen MR) is 49.0 cm³/mol. The first-order valence-electron chi connectivity index (χ1n) is 4.25. The quantitative estimate of drug-likeness (QED) is 0.405. The summed E-state index contributed by atoms with van der Waals surface area (Å²) in [5, 5.41) is 0. The highest BCUT2D eigenvalue weighted by Gasteiger charge is 2.61. The molecule has 0 aliphatic heterocycles. The van der Waals surface area contributed by atoms with Crippen molar-refractivity contribution in [2.24, 2.45) is 11.8 Å². The third-order valence-corrected chi connectivity index (χ3v) is 3.94. The zero-order valence-corrected chi connectivity index (χ0v) is 7.91. The van der Waals surface area contributed by atoms with Gasteiger partial charge in [0.25, 0.3) is 0 Å². The van der Waals surface area contributed by atoms with E-state index in [-0.39, 0.29) is 4.33 Å². The number of alkyl halides is 2. The highest BCUT2D eigenvalue weighted by molar-refractivity contribution is 6.51. The molecule has 0 nitrogen and oxygen atoms in total. The number of allylic oxidation sites excluding steroid dienone is 2. The summed E-state index contributed by atoms with van der Waals surface area (Å²) in [7, 11) is 0. The van der Waals surface area contributed by atoms with Gasteiger partial charge in [0.2, 0.25) is 0 Å². The fourth-order valence-corrected chi connectivity index (χ4v) is 2.95. The van der Waals surface area contributed by atoms with Gasteiger partial charge in [0.15, 0.2) is 0 Å². The average molecular weight is 191 g/mol. The van der Waals surface area contributed by atoms with E-state index in [1.165, 1.54) is 12.8 Å². The highest BCUT2D eigenvalue weighted by Crippen LogP contribution is 2.63. The molecule has 0 bridgehead atoms. The molecule has 0 amide bonds. The molecule has 2 heteroatoms. The van der Waals surface area contributed by atoms with E-state index in [2.05, 4.69) is 12.2 Å². The van der Waals surface area contributed by atoms with Crippen LogP contribution in [0.4, 0.5) is 0 Å².